The first kappa shape index (κ1) is 10.0. The minimum absolute atomic E-state index is 0.521. The SMILES string of the molecule is CC1CC(C)(C)CC1Nc1ccsc1. The third kappa shape index (κ3) is 2.11. The predicted octanol–water partition coefficient (Wildman–Crippen LogP) is 3.98. The Bertz CT molecular complexity index is 289. The third-order valence-electron chi connectivity index (χ3n) is 3.21. The van der Waals surface area contributed by atoms with Gasteiger partial charge in [-0.15, -0.1) is 0 Å². The molecule has 2 rings (SSSR count). The molecule has 0 aliphatic heterocycles. The Hall–Kier alpha value is -0.500. The van der Waals surface area contributed by atoms with Crippen molar-refractivity contribution < 1.29 is 0 Å². The second kappa shape index (κ2) is 3.58. The lowest BCUT2D eigenvalue weighted by Gasteiger charge is -2.18. The first-order valence-corrected chi connectivity index (χ1v) is 6.30. The average Bonchev–Trinajstić information content (AvgIpc) is 2.61. The van der Waals surface area contributed by atoms with Gasteiger partial charge < -0.3 is 5.32 Å². The van der Waals surface area contributed by atoms with Crippen molar-refractivity contribution in [2.24, 2.45) is 11.3 Å². The van der Waals surface area contributed by atoms with E-state index in [-0.39, 0.29) is 0 Å². The fourth-order valence-corrected chi connectivity index (χ4v) is 3.24. The summed E-state index contributed by atoms with van der Waals surface area (Å²) in [4.78, 5) is 0. The van der Waals surface area contributed by atoms with Crippen LogP contribution in [0.2, 0.25) is 0 Å². The van der Waals surface area contributed by atoms with Gasteiger partial charge in [0.05, 0.1) is 0 Å². The van der Waals surface area contributed by atoms with E-state index in [1.54, 1.807) is 11.3 Å². The molecule has 1 aromatic rings. The molecule has 0 radical (unpaired) electrons. The van der Waals surface area contributed by atoms with Gasteiger partial charge in [-0.05, 0) is 35.6 Å². The standard InChI is InChI=1S/C12H19NS/c1-9-6-12(2,3)7-11(9)13-10-4-5-14-8-10/h4-5,8-9,11,13H,6-7H2,1-3H3. The number of anilines is 1. The highest BCUT2D eigenvalue weighted by Crippen LogP contribution is 2.42. The predicted molar refractivity (Wildman–Crippen MR) is 63.9 cm³/mol. The molecule has 0 amide bonds. The van der Waals surface area contributed by atoms with Crippen LogP contribution in [-0.4, -0.2) is 6.04 Å². The Morgan fingerprint density at radius 2 is 2.21 bits per heavy atom. The molecule has 1 aliphatic carbocycles. The van der Waals surface area contributed by atoms with Crippen LogP contribution in [0, 0.1) is 11.3 Å². The molecule has 0 bridgehead atoms. The normalized spacial score (nSPS) is 30.5. The molecule has 1 saturated carbocycles. The quantitative estimate of drug-likeness (QED) is 0.776. The third-order valence-corrected chi connectivity index (χ3v) is 3.89. The maximum absolute atomic E-state index is 3.64. The molecule has 1 aliphatic rings. The molecule has 14 heavy (non-hydrogen) atoms. The minimum atomic E-state index is 0.521. The fraction of sp³-hybridized carbons (Fsp3) is 0.667. The molecule has 1 aromatic heterocycles. The number of rotatable bonds is 2. The summed E-state index contributed by atoms with van der Waals surface area (Å²) < 4.78 is 0. The van der Waals surface area contributed by atoms with Gasteiger partial charge in [0.2, 0.25) is 0 Å². The van der Waals surface area contributed by atoms with E-state index in [2.05, 4.69) is 42.9 Å². The topological polar surface area (TPSA) is 12.0 Å². The summed E-state index contributed by atoms with van der Waals surface area (Å²) in [5.41, 5.74) is 1.82. The largest absolute Gasteiger partial charge is 0.381 e. The van der Waals surface area contributed by atoms with Gasteiger partial charge in [0.15, 0.2) is 0 Å². The summed E-state index contributed by atoms with van der Waals surface area (Å²) in [7, 11) is 0. The summed E-state index contributed by atoms with van der Waals surface area (Å²) in [6.45, 7) is 7.11. The Morgan fingerprint density at radius 3 is 2.71 bits per heavy atom. The zero-order chi connectivity index (χ0) is 10.2. The minimum Gasteiger partial charge on any atom is -0.381 e. The maximum Gasteiger partial charge on any atom is 0.0451 e. The molecule has 2 atom stereocenters. The second-order valence-electron chi connectivity index (χ2n) is 5.31. The molecule has 2 unspecified atom stereocenters. The Morgan fingerprint density at radius 1 is 1.43 bits per heavy atom. The Kier molecular flexibility index (Phi) is 2.56. The van der Waals surface area contributed by atoms with Crippen molar-refractivity contribution >= 4 is 17.0 Å². The van der Waals surface area contributed by atoms with Crippen molar-refractivity contribution in [3.63, 3.8) is 0 Å². The van der Waals surface area contributed by atoms with Crippen molar-refractivity contribution in [1.82, 2.24) is 0 Å². The van der Waals surface area contributed by atoms with Crippen LogP contribution in [0.5, 0.6) is 0 Å². The number of hydrogen-bond acceptors (Lipinski definition) is 2. The average molecular weight is 209 g/mol. The van der Waals surface area contributed by atoms with E-state index in [0.717, 1.165) is 5.92 Å². The second-order valence-corrected chi connectivity index (χ2v) is 6.09. The van der Waals surface area contributed by atoms with E-state index < -0.39 is 0 Å². The van der Waals surface area contributed by atoms with Crippen LogP contribution < -0.4 is 5.32 Å². The lowest BCUT2D eigenvalue weighted by atomic mass is 9.91. The van der Waals surface area contributed by atoms with Crippen molar-refractivity contribution in [2.75, 3.05) is 5.32 Å². The molecule has 1 N–H and O–H groups in total. The van der Waals surface area contributed by atoms with Crippen LogP contribution in [0.25, 0.3) is 0 Å². The van der Waals surface area contributed by atoms with Crippen LogP contribution in [0.3, 0.4) is 0 Å². The van der Waals surface area contributed by atoms with E-state index >= 15 is 0 Å². The van der Waals surface area contributed by atoms with Crippen LogP contribution in [-0.2, 0) is 0 Å². The van der Waals surface area contributed by atoms with Gasteiger partial charge in [-0.25, -0.2) is 0 Å². The molecule has 1 heterocycles. The van der Waals surface area contributed by atoms with Crippen LogP contribution in [0.15, 0.2) is 16.8 Å². The molecule has 1 fully saturated rings. The maximum atomic E-state index is 3.64. The Labute approximate surface area is 90.5 Å². The first-order chi connectivity index (χ1) is 6.57. The zero-order valence-corrected chi connectivity index (χ0v) is 10.0. The van der Waals surface area contributed by atoms with E-state index in [0.29, 0.717) is 11.5 Å². The summed E-state index contributed by atoms with van der Waals surface area (Å²) >= 11 is 1.76. The van der Waals surface area contributed by atoms with Crippen LogP contribution in [0.4, 0.5) is 5.69 Å². The highest BCUT2D eigenvalue weighted by molar-refractivity contribution is 7.08. The molecule has 0 spiro atoms. The van der Waals surface area contributed by atoms with E-state index in [4.69, 9.17) is 0 Å². The fourth-order valence-electron chi connectivity index (χ4n) is 2.65. The summed E-state index contributed by atoms with van der Waals surface area (Å²) in [5, 5.41) is 7.96. The number of hydrogen-bond donors (Lipinski definition) is 1. The van der Waals surface area contributed by atoms with Gasteiger partial charge in [0.1, 0.15) is 0 Å². The summed E-state index contributed by atoms with van der Waals surface area (Å²) in [6, 6.07) is 2.84. The number of thiophene rings is 1. The van der Waals surface area contributed by atoms with Gasteiger partial charge in [0, 0.05) is 17.1 Å². The molecule has 0 saturated heterocycles. The van der Waals surface area contributed by atoms with Crippen molar-refractivity contribution in [3.8, 4) is 0 Å². The highest BCUT2D eigenvalue weighted by atomic mass is 32.1. The van der Waals surface area contributed by atoms with Crippen LogP contribution in [0.1, 0.15) is 33.6 Å². The monoisotopic (exact) mass is 209 g/mol. The lowest BCUT2D eigenvalue weighted by Crippen LogP contribution is -2.22. The molecular weight excluding hydrogens is 190 g/mol. The van der Waals surface area contributed by atoms with Gasteiger partial charge in [-0.1, -0.05) is 20.8 Å². The van der Waals surface area contributed by atoms with Crippen molar-refractivity contribution in [1.29, 1.82) is 0 Å². The molecule has 1 nitrogen and oxygen atoms in total. The smallest absolute Gasteiger partial charge is 0.0451 e. The van der Waals surface area contributed by atoms with Gasteiger partial charge >= 0.3 is 0 Å². The highest BCUT2D eigenvalue weighted by Gasteiger charge is 2.36. The zero-order valence-electron chi connectivity index (χ0n) is 9.21. The van der Waals surface area contributed by atoms with E-state index in [1.165, 1.54) is 18.5 Å². The molecule has 0 aromatic carbocycles. The molecular formula is C12H19NS. The Balaban J connectivity index is 2.00. The van der Waals surface area contributed by atoms with Gasteiger partial charge in [-0.2, -0.15) is 11.3 Å². The van der Waals surface area contributed by atoms with Crippen molar-refractivity contribution in [3.05, 3.63) is 16.8 Å². The van der Waals surface area contributed by atoms with E-state index in [9.17, 15) is 0 Å². The number of nitrogens with one attached hydrogen (secondary N) is 1. The van der Waals surface area contributed by atoms with E-state index in [1.807, 2.05) is 0 Å². The summed E-state index contributed by atoms with van der Waals surface area (Å²) in [6.07, 6.45) is 2.64. The summed E-state index contributed by atoms with van der Waals surface area (Å²) in [5.74, 6) is 0.796. The lowest BCUT2D eigenvalue weighted by molar-refractivity contribution is 0.366. The van der Waals surface area contributed by atoms with Gasteiger partial charge in [0.25, 0.3) is 0 Å². The van der Waals surface area contributed by atoms with Crippen LogP contribution >= 0.6 is 11.3 Å². The van der Waals surface area contributed by atoms with Crippen molar-refractivity contribution in [2.45, 2.75) is 39.7 Å². The first-order valence-electron chi connectivity index (χ1n) is 5.36. The molecule has 2 heteroatoms. The van der Waals surface area contributed by atoms with Gasteiger partial charge in [-0.3, -0.25) is 0 Å². The molecule has 78 valence electrons.